The number of nitrogens with one attached hydrogen (secondary N) is 1. The van der Waals surface area contributed by atoms with E-state index in [-0.39, 0.29) is 0 Å². The van der Waals surface area contributed by atoms with Crippen LogP contribution in [0.3, 0.4) is 0 Å². The van der Waals surface area contributed by atoms with Gasteiger partial charge in [0.05, 0.1) is 5.69 Å². The Balaban J connectivity index is 2.04. The van der Waals surface area contributed by atoms with Crippen LogP contribution < -0.4 is 5.32 Å². The Kier molecular flexibility index (Phi) is 1.83. The molecule has 2 rings (SSSR count). The minimum absolute atomic E-state index is 0.690. The third kappa shape index (κ3) is 1.46. The van der Waals surface area contributed by atoms with Crippen LogP contribution in [0.4, 0.5) is 5.13 Å². The van der Waals surface area contributed by atoms with Gasteiger partial charge in [0.25, 0.3) is 0 Å². The summed E-state index contributed by atoms with van der Waals surface area (Å²) in [6.45, 7) is 6.45. The predicted molar refractivity (Wildman–Crippen MR) is 52.8 cm³/mol. The maximum Gasteiger partial charge on any atom is 0.183 e. The fourth-order valence-corrected chi connectivity index (χ4v) is 2.09. The van der Waals surface area contributed by atoms with Gasteiger partial charge in [-0.2, -0.15) is 0 Å². The lowest BCUT2D eigenvalue weighted by atomic mass is 10.4. The van der Waals surface area contributed by atoms with Gasteiger partial charge in [0.2, 0.25) is 0 Å². The standard InChI is InChI=1S/C9H14N2S/c1-5-4-8(5)11-9-10-6(2)7(3)12-9/h5,8H,4H2,1-3H3,(H,10,11). The van der Waals surface area contributed by atoms with Crippen LogP contribution in [0.15, 0.2) is 0 Å². The topological polar surface area (TPSA) is 24.9 Å². The van der Waals surface area contributed by atoms with Crippen LogP contribution >= 0.6 is 11.3 Å². The van der Waals surface area contributed by atoms with Crippen molar-refractivity contribution in [2.45, 2.75) is 33.2 Å². The van der Waals surface area contributed by atoms with E-state index in [1.165, 1.54) is 11.3 Å². The van der Waals surface area contributed by atoms with Gasteiger partial charge < -0.3 is 5.32 Å². The lowest BCUT2D eigenvalue weighted by molar-refractivity contribution is 0.926. The summed E-state index contributed by atoms with van der Waals surface area (Å²) in [4.78, 5) is 5.76. The second-order valence-electron chi connectivity index (χ2n) is 3.62. The van der Waals surface area contributed by atoms with E-state index in [9.17, 15) is 0 Å². The highest BCUT2D eigenvalue weighted by atomic mass is 32.1. The third-order valence-electron chi connectivity index (χ3n) is 2.45. The molecule has 1 N–H and O–H groups in total. The molecule has 1 heterocycles. The number of aryl methyl sites for hydroxylation is 2. The van der Waals surface area contributed by atoms with Gasteiger partial charge in [0.15, 0.2) is 5.13 Å². The molecule has 0 bridgehead atoms. The Morgan fingerprint density at radius 1 is 1.50 bits per heavy atom. The van der Waals surface area contributed by atoms with Crippen LogP contribution in [0.25, 0.3) is 0 Å². The van der Waals surface area contributed by atoms with Crippen LogP contribution in [0.1, 0.15) is 23.9 Å². The minimum atomic E-state index is 0.690. The molecule has 3 heteroatoms. The Morgan fingerprint density at radius 3 is 2.58 bits per heavy atom. The van der Waals surface area contributed by atoms with E-state index in [4.69, 9.17) is 0 Å². The number of thiazole rings is 1. The van der Waals surface area contributed by atoms with Crippen molar-refractivity contribution in [2.24, 2.45) is 5.92 Å². The Bertz CT molecular complexity index is 273. The first-order chi connectivity index (χ1) is 5.66. The van der Waals surface area contributed by atoms with Crippen LogP contribution in [-0.2, 0) is 0 Å². The highest BCUT2D eigenvalue weighted by Crippen LogP contribution is 2.34. The second-order valence-corrected chi connectivity index (χ2v) is 4.83. The average molecular weight is 182 g/mol. The van der Waals surface area contributed by atoms with Crippen molar-refractivity contribution < 1.29 is 0 Å². The molecule has 0 saturated heterocycles. The second kappa shape index (κ2) is 2.73. The number of aromatic nitrogens is 1. The van der Waals surface area contributed by atoms with Crippen molar-refractivity contribution >= 4 is 16.5 Å². The summed E-state index contributed by atoms with van der Waals surface area (Å²) in [6.07, 6.45) is 1.30. The first kappa shape index (κ1) is 8.05. The molecule has 1 saturated carbocycles. The van der Waals surface area contributed by atoms with E-state index in [2.05, 4.69) is 31.1 Å². The molecule has 0 aromatic carbocycles. The molecule has 1 aliphatic carbocycles. The third-order valence-corrected chi connectivity index (χ3v) is 3.45. The Hall–Kier alpha value is -0.570. The monoisotopic (exact) mass is 182 g/mol. The number of rotatable bonds is 2. The zero-order chi connectivity index (χ0) is 8.72. The molecule has 1 fully saturated rings. The largest absolute Gasteiger partial charge is 0.358 e. The maximum absolute atomic E-state index is 4.43. The van der Waals surface area contributed by atoms with Crippen molar-refractivity contribution in [3.63, 3.8) is 0 Å². The van der Waals surface area contributed by atoms with E-state index in [0.29, 0.717) is 6.04 Å². The lowest BCUT2D eigenvalue weighted by Crippen LogP contribution is -2.02. The van der Waals surface area contributed by atoms with Gasteiger partial charge in [-0.1, -0.05) is 6.92 Å². The van der Waals surface area contributed by atoms with Crippen LogP contribution in [0.5, 0.6) is 0 Å². The minimum Gasteiger partial charge on any atom is -0.358 e. The molecule has 1 aromatic rings. The smallest absolute Gasteiger partial charge is 0.183 e. The molecule has 1 aliphatic rings. The zero-order valence-corrected chi connectivity index (χ0v) is 8.53. The van der Waals surface area contributed by atoms with Gasteiger partial charge in [-0.05, 0) is 26.2 Å². The molecular formula is C9H14N2S. The molecule has 12 heavy (non-hydrogen) atoms. The van der Waals surface area contributed by atoms with E-state index in [0.717, 1.165) is 16.7 Å². The van der Waals surface area contributed by atoms with Crippen molar-refractivity contribution in [2.75, 3.05) is 5.32 Å². The predicted octanol–water partition coefficient (Wildman–Crippen LogP) is 2.58. The molecule has 0 radical (unpaired) electrons. The van der Waals surface area contributed by atoms with Crippen molar-refractivity contribution in [1.82, 2.24) is 4.98 Å². The Labute approximate surface area is 77.0 Å². The van der Waals surface area contributed by atoms with Gasteiger partial charge in [-0.3, -0.25) is 0 Å². The lowest BCUT2D eigenvalue weighted by Gasteiger charge is -1.97. The highest BCUT2D eigenvalue weighted by Gasteiger charge is 2.32. The molecule has 2 nitrogen and oxygen atoms in total. The summed E-state index contributed by atoms with van der Waals surface area (Å²) in [5, 5.41) is 4.53. The first-order valence-corrected chi connectivity index (χ1v) is 5.19. The molecule has 2 atom stereocenters. The van der Waals surface area contributed by atoms with Crippen molar-refractivity contribution in [3.8, 4) is 0 Å². The van der Waals surface area contributed by atoms with Gasteiger partial charge in [-0.25, -0.2) is 4.98 Å². The molecular weight excluding hydrogens is 168 g/mol. The summed E-state index contributed by atoms with van der Waals surface area (Å²) in [6, 6.07) is 0.690. The van der Waals surface area contributed by atoms with Crippen LogP contribution in [0.2, 0.25) is 0 Å². The molecule has 0 spiro atoms. The van der Waals surface area contributed by atoms with E-state index in [1.54, 1.807) is 11.3 Å². The summed E-state index contributed by atoms with van der Waals surface area (Å²) in [7, 11) is 0. The molecule has 0 amide bonds. The van der Waals surface area contributed by atoms with Crippen LogP contribution in [0, 0.1) is 19.8 Å². The molecule has 0 aliphatic heterocycles. The van der Waals surface area contributed by atoms with Crippen molar-refractivity contribution in [1.29, 1.82) is 0 Å². The molecule has 1 aromatic heterocycles. The summed E-state index contributed by atoms with van der Waals surface area (Å²) in [5.74, 6) is 0.842. The number of hydrogen-bond acceptors (Lipinski definition) is 3. The van der Waals surface area contributed by atoms with E-state index >= 15 is 0 Å². The van der Waals surface area contributed by atoms with Gasteiger partial charge >= 0.3 is 0 Å². The zero-order valence-electron chi connectivity index (χ0n) is 7.72. The molecule has 66 valence electrons. The summed E-state index contributed by atoms with van der Waals surface area (Å²) in [5.41, 5.74) is 1.16. The summed E-state index contributed by atoms with van der Waals surface area (Å²) < 4.78 is 0. The van der Waals surface area contributed by atoms with E-state index < -0.39 is 0 Å². The van der Waals surface area contributed by atoms with Crippen molar-refractivity contribution in [3.05, 3.63) is 10.6 Å². The van der Waals surface area contributed by atoms with Crippen LogP contribution in [-0.4, -0.2) is 11.0 Å². The SMILES string of the molecule is Cc1nc(NC2CC2C)sc1C. The Morgan fingerprint density at radius 2 is 2.17 bits per heavy atom. The molecule has 2 unspecified atom stereocenters. The average Bonchev–Trinajstić information content (AvgIpc) is 2.56. The van der Waals surface area contributed by atoms with Gasteiger partial charge in [-0.15, -0.1) is 11.3 Å². The fourth-order valence-electron chi connectivity index (χ4n) is 1.22. The quantitative estimate of drug-likeness (QED) is 0.760. The first-order valence-electron chi connectivity index (χ1n) is 4.37. The summed E-state index contributed by atoms with van der Waals surface area (Å²) >= 11 is 1.76. The fraction of sp³-hybridized carbons (Fsp3) is 0.667. The van der Waals surface area contributed by atoms with Gasteiger partial charge in [0, 0.05) is 10.9 Å². The number of hydrogen-bond donors (Lipinski definition) is 1. The van der Waals surface area contributed by atoms with E-state index in [1.807, 2.05) is 0 Å². The highest BCUT2D eigenvalue weighted by molar-refractivity contribution is 7.15. The number of nitrogens with zero attached hydrogens (tertiary/aromatic N) is 1. The maximum atomic E-state index is 4.43. The normalized spacial score (nSPS) is 27.2. The van der Waals surface area contributed by atoms with Gasteiger partial charge in [0.1, 0.15) is 0 Å². The number of anilines is 1.